The van der Waals surface area contributed by atoms with Crippen molar-refractivity contribution in [2.75, 3.05) is 26.3 Å². The van der Waals surface area contributed by atoms with Gasteiger partial charge in [-0.05, 0) is 95.8 Å². The normalized spacial score (nSPS) is 17.4. The number of benzene rings is 3. The molecule has 40 heavy (non-hydrogen) atoms. The second kappa shape index (κ2) is 13.3. The molecule has 1 saturated heterocycles. The number of ether oxygens (including phenoxy) is 1. The van der Waals surface area contributed by atoms with Gasteiger partial charge in [-0.2, -0.15) is 0 Å². The molecule has 3 aromatic carbocycles. The first-order valence-electron chi connectivity index (χ1n) is 13.6. The molecule has 0 saturated carbocycles. The van der Waals surface area contributed by atoms with E-state index in [1.165, 1.54) is 16.7 Å². The van der Waals surface area contributed by atoms with Crippen LogP contribution >= 0.6 is 35.0 Å². The van der Waals surface area contributed by atoms with Crippen molar-refractivity contribution < 1.29 is 9.13 Å². The zero-order chi connectivity index (χ0) is 28.1. The highest BCUT2D eigenvalue weighted by Gasteiger charge is 2.25. The summed E-state index contributed by atoms with van der Waals surface area (Å²) < 4.78 is 18.9. The molecular weight excluding hydrogens is 564 g/mol. The Kier molecular flexibility index (Phi) is 9.63. The number of thioether (sulfide) groups is 1. The number of aryl methyl sites for hydroxylation is 1. The lowest BCUT2D eigenvalue weighted by Crippen LogP contribution is -2.26. The van der Waals surface area contributed by atoms with Gasteiger partial charge in [-0.15, -0.1) is 0 Å². The van der Waals surface area contributed by atoms with Crippen LogP contribution in [0.3, 0.4) is 0 Å². The van der Waals surface area contributed by atoms with Crippen molar-refractivity contribution in [3.63, 3.8) is 0 Å². The van der Waals surface area contributed by atoms with E-state index in [4.69, 9.17) is 38.8 Å². The Labute approximate surface area is 249 Å². The third-order valence-corrected chi connectivity index (χ3v) is 8.66. The Morgan fingerprint density at radius 3 is 2.60 bits per heavy atom. The highest BCUT2D eigenvalue weighted by atomic mass is 35.5. The van der Waals surface area contributed by atoms with Crippen LogP contribution in [0.2, 0.25) is 10.0 Å². The minimum Gasteiger partial charge on any atom is -0.489 e. The lowest BCUT2D eigenvalue weighted by Gasteiger charge is -2.19. The average molecular weight is 597 g/mol. The highest BCUT2D eigenvalue weighted by molar-refractivity contribution is 8.25. The second-order valence-corrected chi connectivity index (χ2v) is 11.9. The summed E-state index contributed by atoms with van der Waals surface area (Å²) in [7, 11) is 0. The van der Waals surface area contributed by atoms with Gasteiger partial charge in [0.1, 0.15) is 11.9 Å². The number of hydrogen-bond donors (Lipinski definition) is 2. The highest BCUT2D eigenvalue weighted by Crippen LogP contribution is 2.43. The van der Waals surface area contributed by atoms with Gasteiger partial charge in [0.2, 0.25) is 0 Å². The van der Waals surface area contributed by atoms with E-state index >= 15 is 0 Å². The molecule has 0 unspecified atom stereocenters. The van der Waals surface area contributed by atoms with Crippen LogP contribution in [0, 0.1) is 10.8 Å². The summed E-state index contributed by atoms with van der Waals surface area (Å²) in [4.78, 5) is 2.27. The van der Waals surface area contributed by atoms with E-state index in [0.29, 0.717) is 21.5 Å². The number of hydrogen-bond acceptors (Lipinski definition) is 5. The summed E-state index contributed by atoms with van der Waals surface area (Å²) in [6.45, 7) is 2.26. The molecule has 3 aromatic rings. The smallest absolute Gasteiger partial charge is 0.119 e. The van der Waals surface area contributed by atoms with Gasteiger partial charge >= 0.3 is 0 Å². The molecule has 0 amide bonds. The van der Waals surface area contributed by atoms with Crippen molar-refractivity contribution in [3.05, 3.63) is 98.5 Å². The lowest BCUT2D eigenvalue weighted by atomic mass is 9.87. The molecule has 2 N–H and O–H groups in total. The van der Waals surface area contributed by atoms with Crippen LogP contribution in [0.4, 0.5) is 4.39 Å². The molecule has 1 heterocycles. The first-order chi connectivity index (χ1) is 19.5. The molecule has 4 nitrogen and oxygen atoms in total. The number of alkyl halides is 1. The quantitative estimate of drug-likeness (QED) is 0.192. The zero-order valence-corrected chi connectivity index (χ0v) is 24.5. The van der Waals surface area contributed by atoms with E-state index in [2.05, 4.69) is 29.2 Å². The van der Waals surface area contributed by atoms with Crippen molar-refractivity contribution in [3.8, 4) is 5.75 Å². The van der Waals surface area contributed by atoms with E-state index in [1.54, 1.807) is 6.07 Å². The van der Waals surface area contributed by atoms with Gasteiger partial charge in [0.15, 0.2) is 0 Å². The van der Waals surface area contributed by atoms with Crippen LogP contribution in [-0.2, 0) is 6.42 Å². The maximum Gasteiger partial charge on any atom is 0.119 e. The summed E-state index contributed by atoms with van der Waals surface area (Å²) in [5.74, 6) is 0.828. The van der Waals surface area contributed by atoms with Crippen LogP contribution in [0.1, 0.15) is 53.5 Å². The van der Waals surface area contributed by atoms with Gasteiger partial charge in [-0.1, -0.05) is 65.3 Å². The number of nitrogens with one attached hydrogen (secondary N) is 2. The minimum atomic E-state index is -0.279. The number of rotatable bonds is 9. The van der Waals surface area contributed by atoms with Gasteiger partial charge in [-0.25, -0.2) is 0 Å². The molecule has 1 atom stereocenters. The van der Waals surface area contributed by atoms with E-state index < -0.39 is 0 Å². The van der Waals surface area contributed by atoms with Crippen molar-refractivity contribution in [1.82, 2.24) is 4.90 Å². The van der Waals surface area contributed by atoms with E-state index in [1.807, 2.05) is 30.3 Å². The Morgan fingerprint density at radius 1 is 1.05 bits per heavy atom. The molecule has 0 radical (unpaired) electrons. The van der Waals surface area contributed by atoms with Crippen LogP contribution in [-0.4, -0.2) is 47.9 Å². The first kappa shape index (κ1) is 28.9. The minimum absolute atomic E-state index is 0.110. The lowest BCUT2D eigenvalue weighted by molar-refractivity contribution is 0.198. The van der Waals surface area contributed by atoms with E-state index in [9.17, 15) is 4.39 Å². The standard InChI is InChI=1S/C32H32Cl2FN3OS/c33-24-8-12-28(30(34)18-24)29-4-1-3-22-17-23(32(37)40-20-36)7-11-27(22)31(29)21-5-9-25(10-6-21)39-26-13-16-38(19-26)15-2-14-35/h5-12,17-18,20,26,36-37H,1-4,13-16,19H2/t26-/m0/s1. The summed E-state index contributed by atoms with van der Waals surface area (Å²) in [5.41, 5.74) is 8.67. The van der Waals surface area contributed by atoms with Crippen LogP contribution < -0.4 is 4.74 Å². The monoisotopic (exact) mass is 595 g/mol. The Bertz CT molecular complexity index is 1430. The molecule has 1 aliphatic carbocycles. The third-order valence-electron chi connectivity index (χ3n) is 7.53. The number of fused-ring (bicyclic) bond motifs is 1. The molecule has 0 spiro atoms. The van der Waals surface area contributed by atoms with Crippen LogP contribution in [0.15, 0.2) is 60.7 Å². The van der Waals surface area contributed by atoms with E-state index in [0.717, 1.165) is 90.7 Å². The van der Waals surface area contributed by atoms with Crippen LogP contribution in [0.5, 0.6) is 5.75 Å². The molecule has 1 fully saturated rings. The van der Waals surface area contributed by atoms with Gasteiger partial charge in [0.25, 0.3) is 0 Å². The van der Waals surface area contributed by atoms with Crippen molar-refractivity contribution >= 4 is 56.7 Å². The predicted molar refractivity (Wildman–Crippen MR) is 167 cm³/mol. The van der Waals surface area contributed by atoms with Crippen molar-refractivity contribution in [1.29, 1.82) is 10.8 Å². The molecule has 8 heteroatoms. The Balaban J connectivity index is 1.51. The largest absolute Gasteiger partial charge is 0.489 e. The third kappa shape index (κ3) is 6.63. The summed E-state index contributed by atoms with van der Waals surface area (Å²) in [5, 5.41) is 17.3. The number of likely N-dealkylation sites (tertiary alicyclic amines) is 1. The van der Waals surface area contributed by atoms with E-state index in [-0.39, 0.29) is 12.8 Å². The molecular formula is C32H32Cl2FN3OS. The number of allylic oxidation sites excluding steroid dienone is 1. The predicted octanol–water partition coefficient (Wildman–Crippen LogP) is 8.77. The number of nitrogens with zero attached hydrogens (tertiary/aromatic N) is 1. The fraction of sp³-hybridized carbons (Fsp3) is 0.312. The van der Waals surface area contributed by atoms with Gasteiger partial charge < -0.3 is 10.1 Å². The first-order valence-corrected chi connectivity index (χ1v) is 15.2. The Morgan fingerprint density at radius 2 is 1.85 bits per heavy atom. The SMILES string of the molecule is N=CSC(=N)c1ccc2c(c1)CCCC(c1ccc(Cl)cc1Cl)=C2c1ccc(O[C@H]2CCN(CCCF)C2)cc1. The van der Waals surface area contributed by atoms with Gasteiger partial charge in [0, 0.05) is 35.2 Å². The topological polar surface area (TPSA) is 60.2 Å². The summed E-state index contributed by atoms with van der Waals surface area (Å²) >= 11 is 14.1. The summed E-state index contributed by atoms with van der Waals surface area (Å²) in [6, 6.07) is 20.1. The van der Waals surface area contributed by atoms with Gasteiger partial charge in [0.05, 0.1) is 17.3 Å². The molecule has 5 rings (SSSR count). The zero-order valence-electron chi connectivity index (χ0n) is 22.2. The maximum atomic E-state index is 12.6. The van der Waals surface area contributed by atoms with Crippen molar-refractivity contribution in [2.24, 2.45) is 0 Å². The fourth-order valence-electron chi connectivity index (χ4n) is 5.66. The molecule has 1 aliphatic heterocycles. The second-order valence-electron chi connectivity index (χ2n) is 10.2. The Hall–Kier alpha value is -2.64. The summed E-state index contributed by atoms with van der Waals surface area (Å²) in [6.07, 6.45) is 4.30. The maximum absolute atomic E-state index is 12.6. The van der Waals surface area contributed by atoms with Crippen LogP contribution in [0.25, 0.3) is 11.1 Å². The number of halogens is 3. The average Bonchev–Trinajstić information content (AvgIpc) is 3.31. The molecule has 208 valence electrons. The molecule has 2 aliphatic rings. The fourth-order valence-corrected chi connectivity index (χ4v) is 6.56. The molecule has 0 aromatic heterocycles. The van der Waals surface area contributed by atoms with Gasteiger partial charge in [-0.3, -0.25) is 14.7 Å². The molecule has 0 bridgehead atoms. The van der Waals surface area contributed by atoms with Crippen molar-refractivity contribution in [2.45, 2.75) is 38.2 Å².